The number of rotatable bonds is 7. The quantitative estimate of drug-likeness (QED) is 0.699. The van der Waals surface area contributed by atoms with Gasteiger partial charge in [-0.05, 0) is 25.5 Å². The highest BCUT2D eigenvalue weighted by Gasteiger charge is 2.08. The maximum absolute atomic E-state index is 11.9. The third-order valence-corrected chi connectivity index (χ3v) is 2.94. The third kappa shape index (κ3) is 5.26. The van der Waals surface area contributed by atoms with Crippen LogP contribution in [0, 0.1) is 0 Å². The minimum atomic E-state index is -0.208. The van der Waals surface area contributed by atoms with Crippen LogP contribution < -0.4 is 16.0 Å². The van der Waals surface area contributed by atoms with Gasteiger partial charge in [0.2, 0.25) is 5.91 Å². The number of amides is 2. The van der Waals surface area contributed by atoms with Gasteiger partial charge in [0, 0.05) is 37.8 Å². The first kappa shape index (κ1) is 15.9. The van der Waals surface area contributed by atoms with E-state index in [1.54, 1.807) is 25.4 Å². The summed E-state index contributed by atoms with van der Waals surface area (Å²) in [5, 5.41) is 8.44. The van der Waals surface area contributed by atoms with Crippen molar-refractivity contribution in [2.24, 2.45) is 0 Å². The van der Waals surface area contributed by atoms with Crippen molar-refractivity contribution in [2.45, 2.75) is 32.7 Å². The molecule has 6 heteroatoms. The summed E-state index contributed by atoms with van der Waals surface area (Å²) in [7, 11) is 1.74. The van der Waals surface area contributed by atoms with Crippen LogP contribution in [0.25, 0.3) is 0 Å². The van der Waals surface area contributed by atoms with Gasteiger partial charge in [-0.15, -0.1) is 0 Å². The Morgan fingerprint density at radius 1 is 1.40 bits per heavy atom. The number of pyridine rings is 1. The average molecular weight is 278 g/mol. The fraction of sp³-hybridized carbons (Fsp3) is 0.500. The van der Waals surface area contributed by atoms with Gasteiger partial charge in [-0.1, -0.05) is 6.92 Å². The predicted molar refractivity (Wildman–Crippen MR) is 78.6 cm³/mol. The molecule has 0 saturated carbocycles. The summed E-state index contributed by atoms with van der Waals surface area (Å²) in [5.74, 6) is 0.373. The van der Waals surface area contributed by atoms with E-state index >= 15 is 0 Å². The zero-order valence-electron chi connectivity index (χ0n) is 12.2. The molecule has 1 atom stereocenters. The maximum Gasteiger partial charge on any atom is 0.251 e. The number of hydrogen-bond donors (Lipinski definition) is 3. The molecule has 110 valence electrons. The number of aromatic nitrogens is 1. The Morgan fingerprint density at radius 2 is 2.15 bits per heavy atom. The Labute approximate surface area is 119 Å². The highest BCUT2D eigenvalue weighted by Crippen LogP contribution is 2.05. The fourth-order valence-corrected chi connectivity index (χ4v) is 1.55. The molecule has 2 amide bonds. The number of carbonyl (C=O) groups is 2. The molecule has 0 aliphatic carbocycles. The molecule has 20 heavy (non-hydrogen) atoms. The predicted octanol–water partition coefficient (Wildman–Crippen LogP) is 1.16. The van der Waals surface area contributed by atoms with Crippen molar-refractivity contribution in [3.63, 3.8) is 0 Å². The largest absolute Gasteiger partial charge is 0.373 e. The molecule has 0 radical (unpaired) electrons. The number of nitrogens with zero attached hydrogens (tertiary/aromatic N) is 1. The highest BCUT2D eigenvalue weighted by molar-refractivity contribution is 5.95. The Balaban J connectivity index is 2.38. The normalized spacial score (nSPS) is 11.6. The molecular formula is C14H22N4O2. The van der Waals surface area contributed by atoms with Crippen LogP contribution in [0.2, 0.25) is 0 Å². The smallest absolute Gasteiger partial charge is 0.251 e. The van der Waals surface area contributed by atoms with E-state index < -0.39 is 0 Å². The zero-order valence-corrected chi connectivity index (χ0v) is 12.2. The fourth-order valence-electron chi connectivity index (χ4n) is 1.55. The van der Waals surface area contributed by atoms with Crippen molar-refractivity contribution in [1.29, 1.82) is 0 Å². The molecule has 0 aliphatic rings. The van der Waals surface area contributed by atoms with Gasteiger partial charge >= 0.3 is 0 Å². The van der Waals surface area contributed by atoms with E-state index in [1.807, 2.05) is 13.8 Å². The number of anilines is 1. The summed E-state index contributed by atoms with van der Waals surface area (Å²) in [4.78, 5) is 27.5. The molecule has 0 aliphatic heterocycles. The van der Waals surface area contributed by atoms with E-state index in [2.05, 4.69) is 20.9 Å². The molecule has 1 rings (SSSR count). The lowest BCUT2D eigenvalue weighted by atomic mass is 10.2. The molecule has 1 heterocycles. The molecular weight excluding hydrogens is 256 g/mol. The Morgan fingerprint density at radius 3 is 2.80 bits per heavy atom. The molecule has 1 unspecified atom stereocenters. The molecule has 0 spiro atoms. The first-order chi connectivity index (χ1) is 9.56. The number of nitrogens with one attached hydrogen (secondary N) is 3. The van der Waals surface area contributed by atoms with Gasteiger partial charge in [-0.3, -0.25) is 9.59 Å². The standard InChI is InChI=1S/C14H22N4O2/c1-4-10(2)18-13(19)6-8-17-14(20)11-5-7-16-12(9-11)15-3/h5,7,9-10H,4,6,8H2,1-3H3,(H,15,16)(H,17,20)(H,18,19). The van der Waals surface area contributed by atoms with Crippen LogP contribution in [0.4, 0.5) is 5.82 Å². The summed E-state index contributed by atoms with van der Waals surface area (Å²) in [6.45, 7) is 4.28. The summed E-state index contributed by atoms with van der Waals surface area (Å²) in [6, 6.07) is 3.46. The van der Waals surface area contributed by atoms with Gasteiger partial charge < -0.3 is 16.0 Å². The van der Waals surface area contributed by atoms with E-state index in [1.165, 1.54) is 0 Å². The Bertz CT molecular complexity index is 462. The van der Waals surface area contributed by atoms with Crippen molar-refractivity contribution < 1.29 is 9.59 Å². The Kier molecular flexibility index (Phi) is 6.49. The third-order valence-electron chi connectivity index (χ3n) is 2.94. The molecule has 0 fully saturated rings. The van der Waals surface area contributed by atoms with Crippen LogP contribution in [-0.2, 0) is 4.79 Å². The highest BCUT2D eigenvalue weighted by atomic mass is 16.2. The minimum Gasteiger partial charge on any atom is -0.373 e. The van der Waals surface area contributed by atoms with E-state index in [9.17, 15) is 9.59 Å². The van der Waals surface area contributed by atoms with Crippen LogP contribution >= 0.6 is 0 Å². The van der Waals surface area contributed by atoms with E-state index in [4.69, 9.17) is 0 Å². The van der Waals surface area contributed by atoms with Crippen molar-refractivity contribution >= 4 is 17.6 Å². The van der Waals surface area contributed by atoms with Crippen molar-refractivity contribution in [3.8, 4) is 0 Å². The summed E-state index contributed by atoms with van der Waals surface area (Å²) in [6.07, 6.45) is 2.73. The van der Waals surface area contributed by atoms with Crippen LogP contribution in [-0.4, -0.2) is 36.4 Å². The number of hydrogen-bond acceptors (Lipinski definition) is 4. The second-order valence-electron chi connectivity index (χ2n) is 4.56. The van der Waals surface area contributed by atoms with Crippen molar-refractivity contribution in [2.75, 3.05) is 18.9 Å². The summed E-state index contributed by atoms with van der Waals surface area (Å²) < 4.78 is 0. The van der Waals surface area contributed by atoms with E-state index in [0.717, 1.165) is 6.42 Å². The topological polar surface area (TPSA) is 83.1 Å². The van der Waals surface area contributed by atoms with E-state index in [-0.39, 0.29) is 24.3 Å². The summed E-state index contributed by atoms with van der Waals surface area (Å²) >= 11 is 0. The first-order valence-corrected chi connectivity index (χ1v) is 6.78. The number of carbonyl (C=O) groups excluding carboxylic acids is 2. The monoisotopic (exact) mass is 278 g/mol. The maximum atomic E-state index is 11.9. The molecule has 1 aromatic rings. The van der Waals surface area contributed by atoms with Gasteiger partial charge in [0.05, 0.1) is 0 Å². The van der Waals surface area contributed by atoms with E-state index in [0.29, 0.717) is 17.9 Å². The van der Waals surface area contributed by atoms with Crippen molar-refractivity contribution in [3.05, 3.63) is 23.9 Å². The van der Waals surface area contributed by atoms with Gasteiger partial charge in [-0.25, -0.2) is 4.98 Å². The molecule has 1 aromatic heterocycles. The van der Waals surface area contributed by atoms with Gasteiger partial charge in [0.15, 0.2) is 0 Å². The van der Waals surface area contributed by atoms with Crippen LogP contribution in [0.1, 0.15) is 37.0 Å². The average Bonchev–Trinajstić information content (AvgIpc) is 2.46. The Hall–Kier alpha value is -2.11. The van der Waals surface area contributed by atoms with Crippen LogP contribution in [0.5, 0.6) is 0 Å². The van der Waals surface area contributed by atoms with Gasteiger partial charge in [-0.2, -0.15) is 0 Å². The first-order valence-electron chi connectivity index (χ1n) is 6.78. The van der Waals surface area contributed by atoms with Gasteiger partial charge in [0.25, 0.3) is 5.91 Å². The zero-order chi connectivity index (χ0) is 15.0. The molecule has 6 nitrogen and oxygen atoms in total. The lowest BCUT2D eigenvalue weighted by molar-refractivity contribution is -0.121. The molecule has 0 bridgehead atoms. The second kappa shape index (κ2) is 8.14. The van der Waals surface area contributed by atoms with Crippen LogP contribution in [0.15, 0.2) is 18.3 Å². The lowest BCUT2D eigenvalue weighted by Crippen LogP contribution is -2.35. The van der Waals surface area contributed by atoms with Gasteiger partial charge in [0.1, 0.15) is 5.82 Å². The molecule has 0 saturated heterocycles. The van der Waals surface area contributed by atoms with Crippen molar-refractivity contribution in [1.82, 2.24) is 15.6 Å². The molecule has 0 aromatic carbocycles. The van der Waals surface area contributed by atoms with Crippen LogP contribution in [0.3, 0.4) is 0 Å². The second-order valence-corrected chi connectivity index (χ2v) is 4.56. The summed E-state index contributed by atoms with van der Waals surface area (Å²) in [5.41, 5.74) is 0.520. The minimum absolute atomic E-state index is 0.0507. The molecule has 3 N–H and O–H groups in total. The SMILES string of the molecule is CCC(C)NC(=O)CCNC(=O)c1ccnc(NC)c1. The lowest BCUT2D eigenvalue weighted by Gasteiger charge is -2.11.